The maximum Gasteiger partial charge on any atom is 0.183 e. The lowest BCUT2D eigenvalue weighted by Crippen LogP contribution is -2.17. The number of nitrogens with two attached hydrogens (primary N) is 1. The second kappa shape index (κ2) is 4.48. The van der Waals surface area contributed by atoms with E-state index in [0.717, 1.165) is 0 Å². The number of aliphatic hydroxyl groups excluding tert-OH is 1. The highest BCUT2D eigenvalue weighted by Crippen LogP contribution is 2.18. The molecule has 1 fully saturated rings. The van der Waals surface area contributed by atoms with Gasteiger partial charge in [0.05, 0.1) is 19.3 Å². The molecule has 0 aliphatic carbocycles. The van der Waals surface area contributed by atoms with E-state index in [4.69, 9.17) is 20.3 Å². The van der Waals surface area contributed by atoms with Crippen LogP contribution >= 0.6 is 0 Å². The van der Waals surface area contributed by atoms with Gasteiger partial charge in [-0.3, -0.25) is 0 Å². The van der Waals surface area contributed by atoms with Gasteiger partial charge in [-0.05, 0) is 0 Å². The van der Waals surface area contributed by atoms with E-state index in [2.05, 4.69) is 19.9 Å². The van der Waals surface area contributed by atoms with Gasteiger partial charge in [-0.1, -0.05) is 0 Å². The molecule has 4 N–H and O–H groups in total. The molecular weight excluding hydrogens is 238 g/mol. The number of nitrogen functional groups attached to an aromatic ring is 1. The highest BCUT2D eigenvalue weighted by molar-refractivity contribution is 5.80. The molecule has 1 aliphatic rings. The molecule has 96 valence electrons. The average Bonchev–Trinajstić information content (AvgIpc) is 2.96. The topological polar surface area (TPSA) is 119 Å². The van der Waals surface area contributed by atoms with Crippen LogP contribution in [0.25, 0.3) is 11.2 Å². The summed E-state index contributed by atoms with van der Waals surface area (Å²) in [5.74, 6) is 1.08. The first-order chi connectivity index (χ1) is 8.76. The molecule has 1 saturated heterocycles. The molecule has 3 heterocycles. The Labute approximate surface area is 102 Å². The Morgan fingerprint density at radius 2 is 2.39 bits per heavy atom. The number of nitrogens with one attached hydrogen (secondary N) is 1. The zero-order valence-electron chi connectivity index (χ0n) is 9.54. The van der Waals surface area contributed by atoms with Gasteiger partial charge in [0, 0.05) is 6.42 Å². The van der Waals surface area contributed by atoms with Crippen molar-refractivity contribution < 1.29 is 14.6 Å². The number of imidazole rings is 1. The summed E-state index contributed by atoms with van der Waals surface area (Å²) in [6.07, 6.45) is 1.26. The van der Waals surface area contributed by atoms with Crippen LogP contribution in [-0.2, 0) is 15.9 Å². The molecule has 3 rings (SSSR count). The summed E-state index contributed by atoms with van der Waals surface area (Å²) in [5, 5.41) is 8.89. The van der Waals surface area contributed by atoms with E-state index in [9.17, 15) is 0 Å². The number of fused-ring (bicyclic) bond motifs is 1. The van der Waals surface area contributed by atoms with E-state index in [0.29, 0.717) is 35.8 Å². The molecule has 18 heavy (non-hydrogen) atoms. The van der Waals surface area contributed by atoms with Crippen molar-refractivity contribution >= 4 is 17.0 Å². The number of aromatic nitrogens is 4. The smallest absolute Gasteiger partial charge is 0.183 e. The Bertz CT molecular complexity index is 557. The molecule has 8 heteroatoms. The minimum absolute atomic E-state index is 0.128. The van der Waals surface area contributed by atoms with E-state index < -0.39 is 6.29 Å². The van der Waals surface area contributed by atoms with E-state index >= 15 is 0 Å². The molecule has 0 spiro atoms. The second-order valence-corrected chi connectivity index (χ2v) is 4.05. The van der Waals surface area contributed by atoms with Gasteiger partial charge < -0.3 is 25.3 Å². The highest BCUT2D eigenvalue weighted by Gasteiger charge is 2.26. The van der Waals surface area contributed by atoms with Gasteiger partial charge in [-0.25, -0.2) is 15.0 Å². The number of ether oxygens (including phenoxy) is 2. The van der Waals surface area contributed by atoms with Gasteiger partial charge in [-0.15, -0.1) is 0 Å². The fourth-order valence-corrected chi connectivity index (χ4v) is 1.92. The van der Waals surface area contributed by atoms with Crippen molar-refractivity contribution in [2.75, 3.05) is 18.9 Å². The number of anilines is 1. The second-order valence-electron chi connectivity index (χ2n) is 4.05. The molecule has 0 aromatic carbocycles. The van der Waals surface area contributed by atoms with Crippen LogP contribution in [0.1, 0.15) is 5.82 Å². The maximum atomic E-state index is 8.89. The third kappa shape index (κ3) is 2.01. The third-order valence-electron chi connectivity index (χ3n) is 2.75. The Morgan fingerprint density at radius 3 is 3.11 bits per heavy atom. The largest absolute Gasteiger partial charge is 0.391 e. The van der Waals surface area contributed by atoms with Crippen LogP contribution in [0.2, 0.25) is 0 Å². The first-order valence-corrected chi connectivity index (χ1v) is 5.59. The SMILES string of the molecule is Nc1ncnc2nc(C[C@@H]3CO[C@@H](CO)O3)[nH]c12. The molecule has 0 unspecified atom stereocenters. The van der Waals surface area contributed by atoms with Crippen molar-refractivity contribution in [2.24, 2.45) is 0 Å². The fourth-order valence-electron chi connectivity index (χ4n) is 1.92. The van der Waals surface area contributed by atoms with Crippen LogP contribution in [0.3, 0.4) is 0 Å². The number of hydrogen-bond donors (Lipinski definition) is 3. The quantitative estimate of drug-likeness (QED) is 0.654. The standard InChI is InChI=1S/C10H13N5O3/c11-9-8-10(13-4-12-9)15-6(14-8)1-5-3-17-7(2-16)18-5/h4-5,7,16H,1-3H2,(H3,11,12,13,14,15)/t5-,7-/m1/s1. The molecule has 0 amide bonds. The van der Waals surface area contributed by atoms with Gasteiger partial charge in [0.25, 0.3) is 0 Å². The molecule has 0 saturated carbocycles. The molecule has 1 aliphatic heterocycles. The minimum atomic E-state index is -0.538. The first kappa shape index (κ1) is 11.3. The highest BCUT2D eigenvalue weighted by atomic mass is 16.7. The van der Waals surface area contributed by atoms with Gasteiger partial charge >= 0.3 is 0 Å². The molecule has 8 nitrogen and oxygen atoms in total. The zero-order chi connectivity index (χ0) is 12.5. The van der Waals surface area contributed by atoms with Crippen LogP contribution in [0, 0.1) is 0 Å². The van der Waals surface area contributed by atoms with Crippen LogP contribution in [0.15, 0.2) is 6.33 Å². The number of aliphatic hydroxyl groups is 1. The molecule has 2 atom stereocenters. The summed E-state index contributed by atoms with van der Waals surface area (Å²) in [4.78, 5) is 15.3. The monoisotopic (exact) mass is 251 g/mol. The lowest BCUT2D eigenvalue weighted by atomic mass is 10.2. The Morgan fingerprint density at radius 1 is 1.50 bits per heavy atom. The lowest BCUT2D eigenvalue weighted by molar-refractivity contribution is -0.0875. The van der Waals surface area contributed by atoms with Crippen LogP contribution < -0.4 is 5.73 Å². The number of hydrogen-bond acceptors (Lipinski definition) is 7. The maximum absolute atomic E-state index is 8.89. The van der Waals surface area contributed by atoms with E-state index in [-0.39, 0.29) is 12.7 Å². The zero-order valence-corrected chi connectivity index (χ0v) is 9.54. The van der Waals surface area contributed by atoms with Crippen LogP contribution in [-0.4, -0.2) is 50.7 Å². The van der Waals surface area contributed by atoms with Gasteiger partial charge in [-0.2, -0.15) is 0 Å². The van der Waals surface area contributed by atoms with Gasteiger partial charge in [0.15, 0.2) is 17.8 Å². The summed E-state index contributed by atoms with van der Waals surface area (Å²) < 4.78 is 10.7. The summed E-state index contributed by atoms with van der Waals surface area (Å²) in [6.45, 7) is 0.290. The van der Waals surface area contributed by atoms with Gasteiger partial charge in [0.1, 0.15) is 17.7 Å². The van der Waals surface area contributed by atoms with Crippen molar-refractivity contribution in [1.82, 2.24) is 19.9 Å². The molecule has 0 radical (unpaired) electrons. The number of aromatic amines is 1. The molecule has 2 aromatic heterocycles. The summed E-state index contributed by atoms with van der Waals surface area (Å²) in [5.41, 5.74) is 6.88. The van der Waals surface area contributed by atoms with E-state index in [1.54, 1.807) is 0 Å². The summed E-state index contributed by atoms with van der Waals surface area (Å²) in [7, 11) is 0. The first-order valence-electron chi connectivity index (χ1n) is 5.59. The summed E-state index contributed by atoms with van der Waals surface area (Å²) >= 11 is 0. The average molecular weight is 251 g/mol. The molecule has 2 aromatic rings. The van der Waals surface area contributed by atoms with Gasteiger partial charge in [0.2, 0.25) is 0 Å². The summed E-state index contributed by atoms with van der Waals surface area (Å²) in [6, 6.07) is 0. The van der Waals surface area contributed by atoms with Crippen molar-refractivity contribution in [2.45, 2.75) is 18.8 Å². The molecule has 0 bridgehead atoms. The van der Waals surface area contributed by atoms with Crippen LogP contribution in [0.5, 0.6) is 0 Å². The predicted octanol–water partition coefficient (Wildman–Crippen LogP) is -0.789. The fraction of sp³-hybridized carbons (Fsp3) is 0.500. The van der Waals surface area contributed by atoms with E-state index in [1.165, 1.54) is 6.33 Å². The van der Waals surface area contributed by atoms with Crippen molar-refractivity contribution in [1.29, 1.82) is 0 Å². The number of H-pyrrole nitrogens is 1. The van der Waals surface area contributed by atoms with Crippen LogP contribution in [0.4, 0.5) is 5.82 Å². The Kier molecular flexibility index (Phi) is 2.82. The predicted molar refractivity (Wildman–Crippen MR) is 61.5 cm³/mol. The third-order valence-corrected chi connectivity index (χ3v) is 2.75. The number of nitrogens with zero attached hydrogens (tertiary/aromatic N) is 3. The molecular formula is C10H13N5O3. The number of rotatable bonds is 3. The van der Waals surface area contributed by atoms with Crippen molar-refractivity contribution in [3.8, 4) is 0 Å². The van der Waals surface area contributed by atoms with Crippen molar-refractivity contribution in [3.05, 3.63) is 12.2 Å². The Balaban J connectivity index is 1.77. The normalized spacial score (nSPS) is 23.8. The van der Waals surface area contributed by atoms with Crippen molar-refractivity contribution in [3.63, 3.8) is 0 Å². The lowest BCUT2D eigenvalue weighted by Gasteiger charge is -2.07. The van der Waals surface area contributed by atoms with E-state index in [1.807, 2.05) is 0 Å². The Hall–Kier alpha value is -1.77. The minimum Gasteiger partial charge on any atom is -0.391 e.